The van der Waals surface area contributed by atoms with Crippen LogP contribution in [0.25, 0.3) is 0 Å². The van der Waals surface area contributed by atoms with Crippen LogP contribution in [0.3, 0.4) is 0 Å². The summed E-state index contributed by atoms with van der Waals surface area (Å²) in [5.74, 6) is 0.777. The molecule has 0 fully saturated rings. The molecule has 0 saturated carbocycles. The second kappa shape index (κ2) is 54.2. The highest BCUT2D eigenvalue weighted by molar-refractivity contribution is 7.47. The van der Waals surface area contributed by atoms with Crippen LogP contribution in [0.1, 0.15) is 306 Å². The fourth-order valence-corrected chi connectivity index (χ4v) is 10.9. The van der Waals surface area contributed by atoms with Gasteiger partial charge < -0.3 is 33.8 Å². The lowest BCUT2D eigenvalue weighted by molar-refractivity contribution is -0.161. The molecule has 19 heteroatoms. The van der Waals surface area contributed by atoms with E-state index in [-0.39, 0.29) is 25.7 Å². The van der Waals surface area contributed by atoms with E-state index in [4.69, 9.17) is 37.0 Å². The minimum Gasteiger partial charge on any atom is -0.462 e. The average Bonchev–Trinajstić information content (AvgIpc) is 3.46. The summed E-state index contributed by atoms with van der Waals surface area (Å²) >= 11 is 0. The highest BCUT2D eigenvalue weighted by atomic mass is 31.2. The lowest BCUT2D eigenvalue weighted by atomic mass is 9.99. The smallest absolute Gasteiger partial charge is 0.462 e. The zero-order chi connectivity index (χ0) is 61.8. The van der Waals surface area contributed by atoms with E-state index in [1.165, 1.54) is 109 Å². The Morgan fingerprint density at radius 2 is 0.578 bits per heavy atom. The zero-order valence-corrected chi connectivity index (χ0v) is 55.6. The molecule has 17 nitrogen and oxygen atoms in total. The summed E-state index contributed by atoms with van der Waals surface area (Å²) in [6, 6.07) is 0. The Balaban J connectivity index is 5.26. The van der Waals surface area contributed by atoms with Gasteiger partial charge >= 0.3 is 39.5 Å². The van der Waals surface area contributed by atoms with Crippen LogP contribution in [-0.4, -0.2) is 96.7 Å². The van der Waals surface area contributed by atoms with Gasteiger partial charge in [-0.25, -0.2) is 9.13 Å². The molecule has 0 aliphatic heterocycles. The maximum Gasteiger partial charge on any atom is 0.472 e. The van der Waals surface area contributed by atoms with E-state index >= 15 is 0 Å². The van der Waals surface area contributed by atoms with E-state index in [0.29, 0.717) is 31.6 Å². The molecule has 0 bridgehead atoms. The number of aliphatic hydroxyl groups excluding tert-OH is 1. The summed E-state index contributed by atoms with van der Waals surface area (Å²) in [6.45, 7) is 13.9. The highest BCUT2D eigenvalue weighted by Crippen LogP contribution is 2.45. The van der Waals surface area contributed by atoms with Gasteiger partial charge in [0.25, 0.3) is 0 Å². The van der Waals surface area contributed by atoms with E-state index in [2.05, 4.69) is 55.4 Å². The fourth-order valence-electron chi connectivity index (χ4n) is 9.36. The number of aliphatic hydroxyl groups is 1. The lowest BCUT2D eigenvalue weighted by Gasteiger charge is -2.21. The Morgan fingerprint density at radius 1 is 0.337 bits per heavy atom. The first-order valence-electron chi connectivity index (χ1n) is 33.3. The first-order chi connectivity index (χ1) is 39.7. The van der Waals surface area contributed by atoms with Crippen molar-refractivity contribution in [1.82, 2.24) is 0 Å². The molecule has 7 atom stereocenters. The van der Waals surface area contributed by atoms with Crippen molar-refractivity contribution in [2.24, 2.45) is 23.7 Å². The summed E-state index contributed by atoms with van der Waals surface area (Å²) in [6.07, 6.45) is 33.6. The number of hydrogen-bond donors (Lipinski definition) is 3. The second-order valence-electron chi connectivity index (χ2n) is 24.6. The Kier molecular flexibility index (Phi) is 53.0. The number of rotatable bonds is 61. The van der Waals surface area contributed by atoms with Crippen molar-refractivity contribution in [3.8, 4) is 0 Å². The summed E-state index contributed by atoms with van der Waals surface area (Å²) < 4.78 is 68.0. The number of ether oxygens (including phenoxy) is 4. The van der Waals surface area contributed by atoms with E-state index in [9.17, 15) is 43.2 Å². The van der Waals surface area contributed by atoms with Crippen molar-refractivity contribution in [3.05, 3.63) is 0 Å². The van der Waals surface area contributed by atoms with E-state index < -0.39 is 97.5 Å². The molecule has 0 radical (unpaired) electrons. The number of hydrogen-bond acceptors (Lipinski definition) is 15. The van der Waals surface area contributed by atoms with Crippen molar-refractivity contribution < 1.29 is 80.2 Å². The van der Waals surface area contributed by atoms with Crippen LogP contribution in [0, 0.1) is 23.7 Å². The molecular formula is C64H124O17P2. The van der Waals surface area contributed by atoms with Crippen molar-refractivity contribution in [2.75, 3.05) is 39.6 Å². The third-order valence-electron chi connectivity index (χ3n) is 15.3. The van der Waals surface area contributed by atoms with Crippen LogP contribution in [0.2, 0.25) is 0 Å². The number of unbranched alkanes of at least 4 members (excludes halogenated alkanes) is 25. The van der Waals surface area contributed by atoms with E-state index in [1.807, 2.05) is 0 Å². The first kappa shape index (κ1) is 81.1. The molecule has 0 rings (SSSR count). The standard InChI is InChI=1S/C64H124O17P2/c1-9-56(7)42-34-26-18-12-14-20-29-37-45-62(67)74-50-59(80-63(68)46-38-30-21-15-17-25-33-41-55(5)6)52-78-82(70,71)76-48-58(65)49-77-83(72,73)79-53-60(81-64(69)47-39-31-23-22-27-35-43-57(8)10-2)51-75-61(66)44-36-28-19-13-11-16-24-32-40-54(3)4/h54-60,65H,9-53H2,1-8H3,(H,70,71)(H,72,73)/t56?,57?,58?,59-,60-/m1/s1. The molecule has 3 N–H and O–H groups in total. The van der Waals surface area contributed by atoms with Crippen LogP contribution < -0.4 is 0 Å². The third kappa shape index (κ3) is 56.3. The first-order valence-corrected chi connectivity index (χ1v) is 36.3. The van der Waals surface area contributed by atoms with Crippen molar-refractivity contribution in [3.63, 3.8) is 0 Å². The molecular weight excluding hydrogens is 1100 g/mol. The van der Waals surface area contributed by atoms with Crippen molar-refractivity contribution in [2.45, 2.75) is 324 Å². The zero-order valence-electron chi connectivity index (χ0n) is 53.8. The fraction of sp³-hybridized carbons (Fsp3) is 0.938. The summed E-state index contributed by atoms with van der Waals surface area (Å²) in [7, 11) is -9.89. The van der Waals surface area contributed by atoms with Gasteiger partial charge in [-0.15, -0.1) is 0 Å². The monoisotopic (exact) mass is 1230 g/mol. The SMILES string of the molecule is CCC(C)CCCCCCCCCCC(=O)OC[C@H](COP(=O)(O)OCC(O)COP(=O)(O)OC[C@@H](COC(=O)CCCCCCCCCCC(C)C)OC(=O)CCCCCCCCC(C)CC)OC(=O)CCCCCCCCCC(C)C. The Hall–Kier alpha value is -1.94. The topological polar surface area (TPSA) is 237 Å². The van der Waals surface area contributed by atoms with Gasteiger partial charge in [0.2, 0.25) is 0 Å². The maximum atomic E-state index is 13.0. The van der Waals surface area contributed by atoms with Crippen LogP contribution >= 0.6 is 15.6 Å². The molecule has 0 aromatic carbocycles. The highest BCUT2D eigenvalue weighted by Gasteiger charge is 2.30. The van der Waals surface area contributed by atoms with Crippen LogP contribution in [0.15, 0.2) is 0 Å². The van der Waals surface area contributed by atoms with Gasteiger partial charge in [-0.3, -0.25) is 37.3 Å². The van der Waals surface area contributed by atoms with Crippen LogP contribution in [0.4, 0.5) is 0 Å². The largest absolute Gasteiger partial charge is 0.472 e. The van der Waals surface area contributed by atoms with E-state index in [0.717, 1.165) is 108 Å². The molecule has 0 saturated heterocycles. The number of carbonyl (C=O) groups excluding carboxylic acids is 4. The summed E-state index contributed by atoms with van der Waals surface area (Å²) in [5.41, 5.74) is 0. The number of phosphoric acid groups is 2. The molecule has 0 aromatic heterocycles. The molecule has 0 aromatic rings. The third-order valence-corrected chi connectivity index (χ3v) is 17.2. The summed E-state index contributed by atoms with van der Waals surface area (Å²) in [4.78, 5) is 72.2. The normalized spacial score (nSPS) is 15.1. The molecule has 0 spiro atoms. The second-order valence-corrected chi connectivity index (χ2v) is 27.5. The minimum atomic E-state index is -4.95. The molecule has 0 amide bonds. The maximum absolute atomic E-state index is 13.0. The van der Waals surface area contributed by atoms with Gasteiger partial charge in [0.1, 0.15) is 19.3 Å². The summed E-state index contributed by atoms with van der Waals surface area (Å²) in [5, 5.41) is 10.5. The Morgan fingerprint density at radius 3 is 0.855 bits per heavy atom. The molecule has 83 heavy (non-hydrogen) atoms. The van der Waals surface area contributed by atoms with E-state index in [1.54, 1.807) is 0 Å². The van der Waals surface area contributed by atoms with Crippen molar-refractivity contribution in [1.29, 1.82) is 0 Å². The Bertz CT molecular complexity index is 1670. The number of carbonyl (C=O) groups is 4. The van der Waals surface area contributed by atoms with Gasteiger partial charge in [0.05, 0.1) is 26.4 Å². The lowest BCUT2D eigenvalue weighted by Crippen LogP contribution is -2.30. The van der Waals surface area contributed by atoms with Gasteiger partial charge in [-0.1, -0.05) is 254 Å². The number of esters is 4. The van der Waals surface area contributed by atoms with Gasteiger partial charge in [-0.05, 0) is 49.4 Å². The predicted octanol–water partition coefficient (Wildman–Crippen LogP) is 17.4. The van der Waals surface area contributed by atoms with Gasteiger partial charge in [0.15, 0.2) is 12.2 Å². The van der Waals surface area contributed by atoms with Gasteiger partial charge in [-0.2, -0.15) is 0 Å². The Labute approximate surface area is 505 Å². The molecule has 0 aliphatic rings. The van der Waals surface area contributed by atoms with Crippen molar-refractivity contribution >= 4 is 39.5 Å². The van der Waals surface area contributed by atoms with Crippen LogP contribution in [-0.2, 0) is 65.4 Å². The van der Waals surface area contributed by atoms with Crippen LogP contribution in [0.5, 0.6) is 0 Å². The van der Waals surface area contributed by atoms with Gasteiger partial charge in [0, 0.05) is 25.7 Å². The molecule has 0 heterocycles. The predicted molar refractivity (Wildman–Crippen MR) is 331 cm³/mol. The average molecular weight is 1230 g/mol. The number of phosphoric ester groups is 2. The molecule has 492 valence electrons. The molecule has 0 aliphatic carbocycles. The minimum absolute atomic E-state index is 0.102. The quantitative estimate of drug-likeness (QED) is 0.0222. The molecule has 5 unspecified atom stereocenters.